The van der Waals surface area contributed by atoms with Gasteiger partial charge in [0.1, 0.15) is 5.82 Å². The molecule has 5 nitrogen and oxygen atoms in total. The molecule has 1 amide bonds. The molecule has 0 radical (unpaired) electrons. The summed E-state index contributed by atoms with van der Waals surface area (Å²) in [6, 6.07) is 5.18. The Bertz CT molecular complexity index is 754. The van der Waals surface area contributed by atoms with Crippen LogP contribution in [-0.4, -0.2) is 28.8 Å². The van der Waals surface area contributed by atoms with Crippen molar-refractivity contribution in [2.45, 2.75) is 32.7 Å². The average molecular weight is 344 g/mol. The highest BCUT2D eigenvalue weighted by Gasteiger charge is 2.44. The standard InChI is InChI=1S/C19H25FN4O/c1-4-24(5-2)18-7-6-13(8-17(18)20)10-21-19(25)16-9-15(16)14-11-22-23(3)12-14/h6-8,11-12,15-16H,4-5,9-10H2,1-3H3,(H,21,25)/t15-,16+/m1/s1. The second kappa shape index (κ2) is 7.25. The number of rotatable bonds is 7. The zero-order chi connectivity index (χ0) is 18.0. The first kappa shape index (κ1) is 17.5. The van der Waals surface area contributed by atoms with Gasteiger partial charge in [-0.15, -0.1) is 0 Å². The van der Waals surface area contributed by atoms with Gasteiger partial charge in [0.25, 0.3) is 0 Å². The number of nitrogens with zero attached hydrogens (tertiary/aromatic N) is 3. The van der Waals surface area contributed by atoms with E-state index in [1.165, 1.54) is 6.07 Å². The molecule has 0 unspecified atom stereocenters. The minimum atomic E-state index is -0.241. The van der Waals surface area contributed by atoms with Gasteiger partial charge < -0.3 is 10.2 Å². The monoisotopic (exact) mass is 344 g/mol. The van der Waals surface area contributed by atoms with Gasteiger partial charge >= 0.3 is 0 Å². The van der Waals surface area contributed by atoms with Crippen LogP contribution in [0.4, 0.5) is 10.1 Å². The number of aromatic nitrogens is 2. The van der Waals surface area contributed by atoms with E-state index in [0.717, 1.165) is 30.6 Å². The van der Waals surface area contributed by atoms with Crippen LogP contribution in [-0.2, 0) is 18.4 Å². The Balaban J connectivity index is 1.55. The summed E-state index contributed by atoms with van der Waals surface area (Å²) < 4.78 is 16.0. The van der Waals surface area contributed by atoms with Crippen molar-refractivity contribution in [2.24, 2.45) is 13.0 Å². The highest BCUT2D eigenvalue weighted by molar-refractivity contribution is 5.82. The molecule has 1 aliphatic rings. The van der Waals surface area contributed by atoms with Gasteiger partial charge in [0.15, 0.2) is 0 Å². The SMILES string of the molecule is CCN(CC)c1ccc(CNC(=O)[C@H]2C[C@@H]2c2cnn(C)c2)cc1F. The second-order valence-corrected chi connectivity index (χ2v) is 6.57. The smallest absolute Gasteiger partial charge is 0.224 e. The number of hydrogen-bond donors (Lipinski definition) is 1. The first-order valence-corrected chi connectivity index (χ1v) is 8.83. The zero-order valence-electron chi connectivity index (χ0n) is 15.0. The van der Waals surface area contributed by atoms with Crippen molar-refractivity contribution in [3.8, 4) is 0 Å². The number of anilines is 1. The van der Waals surface area contributed by atoms with Crippen molar-refractivity contribution in [3.05, 3.63) is 47.5 Å². The molecule has 1 saturated carbocycles. The van der Waals surface area contributed by atoms with E-state index in [1.807, 2.05) is 44.3 Å². The topological polar surface area (TPSA) is 50.2 Å². The molecule has 1 aliphatic carbocycles. The number of amides is 1. The van der Waals surface area contributed by atoms with Crippen LogP contribution in [0.25, 0.3) is 0 Å². The van der Waals surface area contributed by atoms with Crippen molar-refractivity contribution >= 4 is 11.6 Å². The first-order chi connectivity index (χ1) is 12.0. The lowest BCUT2D eigenvalue weighted by atomic mass is 10.1. The van der Waals surface area contributed by atoms with Crippen LogP contribution in [0.15, 0.2) is 30.6 Å². The fourth-order valence-corrected chi connectivity index (χ4v) is 3.29. The highest BCUT2D eigenvalue weighted by Crippen LogP contribution is 2.47. The maximum absolute atomic E-state index is 14.3. The molecule has 2 atom stereocenters. The Labute approximate surface area is 147 Å². The minimum absolute atomic E-state index is 0.00370. The molecule has 1 N–H and O–H groups in total. The van der Waals surface area contributed by atoms with Crippen LogP contribution in [0.5, 0.6) is 0 Å². The van der Waals surface area contributed by atoms with Crippen LogP contribution in [0, 0.1) is 11.7 Å². The van der Waals surface area contributed by atoms with Crippen molar-refractivity contribution in [1.29, 1.82) is 0 Å². The van der Waals surface area contributed by atoms with Crippen molar-refractivity contribution in [1.82, 2.24) is 15.1 Å². The van der Waals surface area contributed by atoms with E-state index in [-0.39, 0.29) is 23.6 Å². The van der Waals surface area contributed by atoms with Gasteiger partial charge in [0.2, 0.25) is 5.91 Å². The third kappa shape index (κ3) is 3.83. The Morgan fingerprint density at radius 3 is 2.76 bits per heavy atom. The molecule has 1 aromatic heterocycles. The number of hydrogen-bond acceptors (Lipinski definition) is 3. The Hall–Kier alpha value is -2.37. The summed E-state index contributed by atoms with van der Waals surface area (Å²) in [7, 11) is 1.87. The van der Waals surface area contributed by atoms with E-state index in [1.54, 1.807) is 10.7 Å². The summed E-state index contributed by atoms with van der Waals surface area (Å²) in [5.41, 5.74) is 2.50. The van der Waals surface area contributed by atoms with E-state index >= 15 is 0 Å². The maximum Gasteiger partial charge on any atom is 0.224 e. The molecule has 0 bridgehead atoms. The summed E-state index contributed by atoms with van der Waals surface area (Å²) in [6.45, 7) is 5.89. The third-order valence-corrected chi connectivity index (χ3v) is 4.86. The first-order valence-electron chi connectivity index (χ1n) is 8.83. The maximum atomic E-state index is 14.3. The molecule has 0 aliphatic heterocycles. The molecule has 0 spiro atoms. The number of carbonyl (C=O) groups excluding carboxylic acids is 1. The lowest BCUT2D eigenvalue weighted by Gasteiger charge is -2.22. The number of aryl methyl sites for hydroxylation is 1. The van der Waals surface area contributed by atoms with Gasteiger partial charge in [-0.1, -0.05) is 6.07 Å². The van der Waals surface area contributed by atoms with Crippen molar-refractivity contribution in [2.75, 3.05) is 18.0 Å². The molecule has 0 saturated heterocycles. The van der Waals surface area contributed by atoms with Crippen LogP contribution < -0.4 is 10.2 Å². The van der Waals surface area contributed by atoms with E-state index in [4.69, 9.17) is 0 Å². The molecule has 1 aromatic carbocycles. The quantitative estimate of drug-likeness (QED) is 0.840. The summed E-state index contributed by atoms with van der Waals surface area (Å²) in [5, 5.41) is 7.08. The number of carbonyl (C=O) groups is 1. The predicted molar refractivity (Wildman–Crippen MR) is 95.9 cm³/mol. The zero-order valence-corrected chi connectivity index (χ0v) is 15.0. The second-order valence-electron chi connectivity index (χ2n) is 6.57. The van der Waals surface area contributed by atoms with Gasteiger partial charge in [-0.3, -0.25) is 9.48 Å². The fourth-order valence-electron chi connectivity index (χ4n) is 3.29. The molecule has 1 heterocycles. The van der Waals surface area contributed by atoms with Crippen molar-refractivity contribution < 1.29 is 9.18 Å². The normalized spacial score (nSPS) is 18.9. The Morgan fingerprint density at radius 1 is 1.40 bits per heavy atom. The van der Waals surface area contributed by atoms with Gasteiger partial charge in [-0.2, -0.15) is 5.10 Å². The average Bonchev–Trinajstić information content (AvgIpc) is 3.29. The Morgan fingerprint density at radius 2 is 2.16 bits per heavy atom. The molecule has 2 aromatic rings. The van der Waals surface area contributed by atoms with Crippen LogP contribution in [0.1, 0.15) is 37.3 Å². The van der Waals surface area contributed by atoms with Gasteiger partial charge in [0, 0.05) is 38.8 Å². The van der Waals surface area contributed by atoms with E-state index < -0.39 is 0 Å². The van der Waals surface area contributed by atoms with E-state index in [0.29, 0.717) is 12.2 Å². The summed E-state index contributed by atoms with van der Waals surface area (Å²) in [4.78, 5) is 14.3. The van der Waals surface area contributed by atoms with Gasteiger partial charge in [-0.25, -0.2) is 4.39 Å². The molecule has 6 heteroatoms. The van der Waals surface area contributed by atoms with Crippen molar-refractivity contribution in [3.63, 3.8) is 0 Å². The molecular weight excluding hydrogens is 319 g/mol. The van der Waals surface area contributed by atoms with Crippen LogP contribution in [0.3, 0.4) is 0 Å². The van der Waals surface area contributed by atoms with Crippen LogP contribution in [0.2, 0.25) is 0 Å². The fraction of sp³-hybridized carbons (Fsp3) is 0.474. The highest BCUT2D eigenvalue weighted by atomic mass is 19.1. The molecule has 1 fully saturated rings. The van der Waals surface area contributed by atoms with E-state index in [2.05, 4.69) is 10.4 Å². The molecule has 134 valence electrons. The molecule has 25 heavy (non-hydrogen) atoms. The Kier molecular flexibility index (Phi) is 5.06. The van der Waals surface area contributed by atoms with Gasteiger partial charge in [0.05, 0.1) is 11.9 Å². The van der Waals surface area contributed by atoms with Crippen LogP contribution >= 0.6 is 0 Å². The third-order valence-electron chi connectivity index (χ3n) is 4.86. The lowest BCUT2D eigenvalue weighted by molar-refractivity contribution is -0.122. The molecule has 3 rings (SSSR count). The summed E-state index contributed by atoms with van der Waals surface area (Å²) in [6.07, 6.45) is 4.63. The largest absolute Gasteiger partial charge is 0.370 e. The summed E-state index contributed by atoms with van der Waals surface area (Å²) >= 11 is 0. The minimum Gasteiger partial charge on any atom is -0.370 e. The number of halogens is 1. The predicted octanol–water partition coefficient (Wildman–Crippen LogP) is 2.83. The number of nitrogens with one attached hydrogen (secondary N) is 1. The summed E-state index contributed by atoms with van der Waals surface area (Å²) in [5.74, 6) is 0.0525. The van der Waals surface area contributed by atoms with Gasteiger partial charge in [-0.05, 0) is 49.4 Å². The van der Waals surface area contributed by atoms with E-state index in [9.17, 15) is 9.18 Å². The molecular formula is C19H25FN4O. The lowest BCUT2D eigenvalue weighted by Crippen LogP contribution is -2.25. The number of benzene rings is 1.